The molecule has 108 valence electrons. The molecule has 0 amide bonds. The second kappa shape index (κ2) is 6.25. The average molecular weight is 294 g/mol. The van der Waals surface area contributed by atoms with E-state index in [-0.39, 0.29) is 5.92 Å². The lowest BCUT2D eigenvalue weighted by Crippen LogP contribution is -2.40. The zero-order valence-electron chi connectivity index (χ0n) is 11.4. The van der Waals surface area contributed by atoms with Crippen molar-refractivity contribution in [1.29, 1.82) is 5.26 Å². The Morgan fingerprint density at radius 2 is 2.30 bits per heavy atom. The van der Waals surface area contributed by atoms with Gasteiger partial charge in [0.1, 0.15) is 5.75 Å². The number of rotatable bonds is 4. The lowest BCUT2D eigenvalue weighted by molar-refractivity contribution is 0.180. The van der Waals surface area contributed by atoms with Crippen molar-refractivity contribution in [1.82, 2.24) is 4.31 Å². The quantitative estimate of drug-likeness (QED) is 0.846. The van der Waals surface area contributed by atoms with Gasteiger partial charge in [0.2, 0.25) is 10.0 Å². The second-order valence-corrected chi connectivity index (χ2v) is 7.06. The van der Waals surface area contributed by atoms with E-state index >= 15 is 0 Å². The van der Waals surface area contributed by atoms with Crippen molar-refractivity contribution in [3.05, 3.63) is 29.8 Å². The van der Waals surface area contributed by atoms with Crippen molar-refractivity contribution < 1.29 is 13.2 Å². The maximum absolute atomic E-state index is 11.5. The van der Waals surface area contributed by atoms with E-state index in [0.29, 0.717) is 31.0 Å². The van der Waals surface area contributed by atoms with Crippen LogP contribution in [-0.4, -0.2) is 38.7 Å². The average Bonchev–Trinajstić information content (AvgIpc) is 2.45. The maximum atomic E-state index is 11.5. The molecule has 1 heterocycles. The number of piperidine rings is 1. The van der Waals surface area contributed by atoms with Crippen LogP contribution in [0.1, 0.15) is 18.4 Å². The topological polar surface area (TPSA) is 70.4 Å². The van der Waals surface area contributed by atoms with E-state index in [4.69, 9.17) is 10.00 Å². The Morgan fingerprint density at radius 3 is 3.00 bits per heavy atom. The van der Waals surface area contributed by atoms with Crippen molar-refractivity contribution in [2.45, 2.75) is 12.8 Å². The van der Waals surface area contributed by atoms with Gasteiger partial charge in [-0.15, -0.1) is 0 Å². The standard InChI is InChI=1S/C14H18N2O3S/c1-20(17,18)16-7-3-5-13(10-16)11-19-14-6-2-4-12(8-14)9-15/h2,4,6,8,13H,3,5,7,10-11H2,1H3. The molecule has 20 heavy (non-hydrogen) atoms. The van der Waals surface area contributed by atoms with E-state index < -0.39 is 10.0 Å². The number of hydrogen-bond donors (Lipinski definition) is 0. The number of sulfonamides is 1. The molecular formula is C14H18N2O3S. The summed E-state index contributed by atoms with van der Waals surface area (Å²) in [6.45, 7) is 1.58. The maximum Gasteiger partial charge on any atom is 0.211 e. The van der Waals surface area contributed by atoms with Gasteiger partial charge in [-0.2, -0.15) is 5.26 Å². The van der Waals surface area contributed by atoms with Gasteiger partial charge in [0.15, 0.2) is 0 Å². The minimum atomic E-state index is -3.12. The van der Waals surface area contributed by atoms with Gasteiger partial charge < -0.3 is 4.74 Å². The second-order valence-electron chi connectivity index (χ2n) is 5.08. The summed E-state index contributed by atoms with van der Waals surface area (Å²) in [5.74, 6) is 0.852. The van der Waals surface area contributed by atoms with Gasteiger partial charge in [0.25, 0.3) is 0 Å². The van der Waals surface area contributed by atoms with E-state index in [1.54, 1.807) is 24.3 Å². The third kappa shape index (κ3) is 3.95. The molecule has 1 atom stereocenters. The number of nitriles is 1. The van der Waals surface area contributed by atoms with Gasteiger partial charge >= 0.3 is 0 Å². The Morgan fingerprint density at radius 1 is 1.50 bits per heavy atom. The van der Waals surface area contributed by atoms with E-state index in [1.165, 1.54) is 10.6 Å². The highest BCUT2D eigenvalue weighted by atomic mass is 32.2. The molecule has 0 saturated carbocycles. The van der Waals surface area contributed by atoms with Crippen LogP contribution in [0.25, 0.3) is 0 Å². The molecule has 1 saturated heterocycles. The van der Waals surface area contributed by atoms with E-state index in [1.807, 2.05) is 0 Å². The molecule has 0 bridgehead atoms. The summed E-state index contributed by atoms with van der Waals surface area (Å²) in [5.41, 5.74) is 0.559. The van der Waals surface area contributed by atoms with E-state index in [2.05, 4.69) is 6.07 Å². The molecule has 1 aromatic carbocycles. The highest BCUT2D eigenvalue weighted by Crippen LogP contribution is 2.20. The van der Waals surface area contributed by atoms with Crippen molar-refractivity contribution in [2.75, 3.05) is 26.0 Å². The van der Waals surface area contributed by atoms with Crippen LogP contribution in [0.3, 0.4) is 0 Å². The summed E-state index contributed by atoms with van der Waals surface area (Å²) in [5, 5.41) is 8.82. The Bertz CT molecular complexity index is 607. The molecule has 2 rings (SSSR count). The molecule has 1 aromatic rings. The fourth-order valence-corrected chi connectivity index (χ4v) is 3.28. The highest BCUT2D eigenvalue weighted by molar-refractivity contribution is 7.88. The summed E-state index contributed by atoms with van der Waals surface area (Å²) < 4.78 is 30.3. The first kappa shape index (κ1) is 14.8. The summed E-state index contributed by atoms with van der Waals surface area (Å²) in [4.78, 5) is 0. The van der Waals surface area contributed by atoms with Crippen molar-refractivity contribution in [3.63, 3.8) is 0 Å². The zero-order valence-corrected chi connectivity index (χ0v) is 12.3. The van der Waals surface area contributed by atoms with Crippen molar-refractivity contribution in [2.24, 2.45) is 5.92 Å². The van der Waals surface area contributed by atoms with Crippen LogP contribution in [0.15, 0.2) is 24.3 Å². The minimum absolute atomic E-state index is 0.198. The third-order valence-electron chi connectivity index (χ3n) is 3.40. The summed E-state index contributed by atoms with van der Waals surface area (Å²) in [7, 11) is -3.12. The van der Waals surface area contributed by atoms with Gasteiger partial charge in [0.05, 0.1) is 24.5 Å². The first-order chi connectivity index (χ1) is 9.49. The van der Waals surface area contributed by atoms with Crippen molar-refractivity contribution >= 4 is 10.0 Å². The van der Waals surface area contributed by atoms with Gasteiger partial charge in [-0.3, -0.25) is 0 Å². The Labute approximate surface area is 119 Å². The van der Waals surface area contributed by atoms with Crippen LogP contribution in [-0.2, 0) is 10.0 Å². The first-order valence-electron chi connectivity index (χ1n) is 6.57. The van der Waals surface area contributed by atoms with Crippen molar-refractivity contribution in [3.8, 4) is 11.8 Å². The molecule has 0 aromatic heterocycles. The smallest absolute Gasteiger partial charge is 0.211 e. The molecule has 5 nitrogen and oxygen atoms in total. The molecule has 1 aliphatic heterocycles. The van der Waals surface area contributed by atoms with Crippen LogP contribution >= 0.6 is 0 Å². The Hall–Kier alpha value is -1.58. The van der Waals surface area contributed by atoms with Crippen LogP contribution < -0.4 is 4.74 Å². The number of benzene rings is 1. The Balaban J connectivity index is 1.92. The predicted octanol–water partition coefficient (Wildman–Crippen LogP) is 1.61. The van der Waals surface area contributed by atoms with Gasteiger partial charge in [-0.25, -0.2) is 12.7 Å². The van der Waals surface area contributed by atoms with E-state index in [9.17, 15) is 8.42 Å². The minimum Gasteiger partial charge on any atom is -0.493 e. The highest BCUT2D eigenvalue weighted by Gasteiger charge is 2.26. The fraction of sp³-hybridized carbons (Fsp3) is 0.500. The summed E-state index contributed by atoms with van der Waals surface area (Å²) in [6.07, 6.45) is 3.07. The molecule has 6 heteroatoms. The normalized spacial score (nSPS) is 20.3. The SMILES string of the molecule is CS(=O)(=O)N1CCCC(COc2cccc(C#N)c2)C1. The largest absolute Gasteiger partial charge is 0.493 e. The third-order valence-corrected chi connectivity index (χ3v) is 4.67. The number of nitrogens with zero attached hydrogens (tertiary/aromatic N) is 2. The summed E-state index contributed by atoms with van der Waals surface area (Å²) >= 11 is 0. The molecule has 0 aliphatic carbocycles. The lowest BCUT2D eigenvalue weighted by atomic mass is 10.0. The van der Waals surface area contributed by atoms with Crippen LogP contribution in [0.5, 0.6) is 5.75 Å². The fourth-order valence-electron chi connectivity index (χ4n) is 2.33. The van der Waals surface area contributed by atoms with Crippen LogP contribution in [0.2, 0.25) is 0 Å². The molecule has 0 spiro atoms. The number of ether oxygens (including phenoxy) is 1. The molecule has 1 fully saturated rings. The predicted molar refractivity (Wildman–Crippen MR) is 75.8 cm³/mol. The van der Waals surface area contributed by atoms with Crippen LogP contribution in [0, 0.1) is 17.2 Å². The zero-order chi connectivity index (χ0) is 14.6. The monoisotopic (exact) mass is 294 g/mol. The summed E-state index contributed by atoms with van der Waals surface area (Å²) in [6, 6.07) is 9.06. The molecule has 1 unspecified atom stereocenters. The molecule has 0 radical (unpaired) electrons. The van der Waals surface area contributed by atoms with E-state index in [0.717, 1.165) is 12.8 Å². The van der Waals surface area contributed by atoms with Crippen LogP contribution in [0.4, 0.5) is 0 Å². The van der Waals surface area contributed by atoms with Gasteiger partial charge in [0, 0.05) is 19.0 Å². The van der Waals surface area contributed by atoms with Gasteiger partial charge in [-0.05, 0) is 31.0 Å². The molecule has 0 N–H and O–H groups in total. The Kier molecular flexibility index (Phi) is 4.63. The number of hydrogen-bond acceptors (Lipinski definition) is 4. The first-order valence-corrected chi connectivity index (χ1v) is 8.42. The van der Waals surface area contributed by atoms with Gasteiger partial charge in [-0.1, -0.05) is 6.07 Å². The molecular weight excluding hydrogens is 276 g/mol. The molecule has 1 aliphatic rings. The lowest BCUT2D eigenvalue weighted by Gasteiger charge is -2.30.